The van der Waals surface area contributed by atoms with E-state index in [0.717, 1.165) is 18.9 Å². The van der Waals surface area contributed by atoms with Gasteiger partial charge in [-0.3, -0.25) is 0 Å². The van der Waals surface area contributed by atoms with Gasteiger partial charge in [-0.2, -0.15) is 0 Å². The van der Waals surface area contributed by atoms with E-state index in [4.69, 9.17) is 4.74 Å². The summed E-state index contributed by atoms with van der Waals surface area (Å²) in [5, 5.41) is 6.60. The van der Waals surface area contributed by atoms with E-state index in [1.165, 1.54) is 19.3 Å². The van der Waals surface area contributed by atoms with Crippen molar-refractivity contribution >= 4 is 6.09 Å². The number of carbonyl (C=O) groups is 1. The Balaban J connectivity index is 2.45. The lowest BCUT2D eigenvalue weighted by molar-refractivity contribution is 0.0506. The molecule has 0 spiro atoms. The minimum atomic E-state index is -0.447. The molecule has 2 N–H and O–H groups in total. The molecule has 0 aromatic carbocycles. The van der Waals surface area contributed by atoms with Crippen LogP contribution in [0.3, 0.4) is 0 Å². The van der Waals surface area contributed by atoms with Gasteiger partial charge in [0, 0.05) is 12.1 Å². The first-order chi connectivity index (χ1) is 9.60. The third-order valence-electron chi connectivity index (χ3n) is 3.92. The topological polar surface area (TPSA) is 50.4 Å². The maximum Gasteiger partial charge on any atom is 0.407 e. The van der Waals surface area contributed by atoms with Gasteiger partial charge in [-0.05, 0) is 65.3 Å². The molecule has 1 atom stereocenters. The Labute approximate surface area is 130 Å². The lowest BCUT2D eigenvalue weighted by atomic mass is 9.83. The van der Waals surface area contributed by atoms with Crippen molar-refractivity contribution in [3.63, 3.8) is 0 Å². The summed E-state index contributed by atoms with van der Waals surface area (Å²) < 4.78 is 5.32. The molecule has 1 saturated carbocycles. The Morgan fingerprint density at radius 3 is 2.29 bits per heavy atom. The van der Waals surface area contributed by atoms with Crippen LogP contribution in [0.5, 0.6) is 0 Å². The van der Waals surface area contributed by atoms with Crippen molar-refractivity contribution in [1.82, 2.24) is 10.6 Å². The number of ether oxygens (including phenoxy) is 1. The summed E-state index contributed by atoms with van der Waals surface area (Å²) in [4.78, 5) is 11.8. The number of hydrogen-bond donors (Lipinski definition) is 2. The fourth-order valence-electron chi connectivity index (χ4n) is 2.78. The van der Waals surface area contributed by atoms with Crippen LogP contribution in [0.4, 0.5) is 4.79 Å². The highest BCUT2D eigenvalue weighted by molar-refractivity contribution is 5.67. The summed E-state index contributed by atoms with van der Waals surface area (Å²) in [5.74, 6) is 1.40. The van der Waals surface area contributed by atoms with Crippen molar-refractivity contribution in [2.24, 2.45) is 11.8 Å². The first kappa shape index (κ1) is 18.3. The Kier molecular flexibility index (Phi) is 6.51. The number of nitrogens with one attached hydrogen (secondary N) is 2. The smallest absolute Gasteiger partial charge is 0.407 e. The summed E-state index contributed by atoms with van der Waals surface area (Å²) in [6.07, 6.45) is 4.75. The summed E-state index contributed by atoms with van der Waals surface area (Å²) in [6, 6.07) is 0. The molecule has 0 aliphatic heterocycles. The van der Waals surface area contributed by atoms with E-state index in [2.05, 4.69) is 31.4 Å². The van der Waals surface area contributed by atoms with E-state index in [0.29, 0.717) is 12.5 Å². The number of hydrogen-bond acceptors (Lipinski definition) is 3. The molecule has 21 heavy (non-hydrogen) atoms. The number of alkyl carbamates (subject to hydrolysis) is 1. The molecule has 4 nitrogen and oxygen atoms in total. The molecule has 1 fully saturated rings. The monoisotopic (exact) mass is 298 g/mol. The average Bonchev–Trinajstić information content (AvgIpc) is 2.21. The van der Waals surface area contributed by atoms with Gasteiger partial charge >= 0.3 is 6.09 Å². The zero-order valence-corrected chi connectivity index (χ0v) is 14.7. The van der Waals surface area contributed by atoms with Crippen molar-refractivity contribution in [1.29, 1.82) is 0 Å². The average molecular weight is 298 g/mol. The van der Waals surface area contributed by atoms with E-state index < -0.39 is 5.60 Å². The van der Waals surface area contributed by atoms with E-state index in [-0.39, 0.29) is 11.6 Å². The number of rotatable bonds is 7. The third kappa shape index (κ3) is 7.70. The van der Waals surface area contributed by atoms with Crippen LogP contribution in [0.2, 0.25) is 0 Å². The highest BCUT2D eigenvalue weighted by atomic mass is 16.6. The highest BCUT2D eigenvalue weighted by Gasteiger charge is 2.29. The van der Waals surface area contributed by atoms with E-state index in [1.807, 2.05) is 20.8 Å². The molecule has 0 aromatic heterocycles. The Morgan fingerprint density at radius 1 is 1.24 bits per heavy atom. The van der Waals surface area contributed by atoms with Gasteiger partial charge in [-0.25, -0.2) is 4.79 Å². The van der Waals surface area contributed by atoms with Gasteiger partial charge in [0.15, 0.2) is 0 Å². The molecule has 0 heterocycles. The Morgan fingerprint density at radius 2 is 1.86 bits per heavy atom. The quantitative estimate of drug-likeness (QED) is 0.753. The molecular weight excluding hydrogens is 264 g/mol. The third-order valence-corrected chi connectivity index (χ3v) is 3.92. The van der Waals surface area contributed by atoms with Crippen LogP contribution in [0.25, 0.3) is 0 Å². The molecule has 1 aliphatic carbocycles. The lowest BCUT2D eigenvalue weighted by Crippen LogP contribution is -2.54. The minimum absolute atomic E-state index is 0.0688. The van der Waals surface area contributed by atoms with Gasteiger partial charge in [0.05, 0.1) is 0 Å². The molecule has 0 saturated heterocycles. The summed E-state index contributed by atoms with van der Waals surface area (Å²) in [5.41, 5.74) is -0.515. The molecular formula is C17H34N2O2. The molecule has 1 unspecified atom stereocenters. The molecule has 1 rings (SSSR count). The van der Waals surface area contributed by atoms with Crippen molar-refractivity contribution in [2.75, 3.05) is 13.1 Å². The largest absolute Gasteiger partial charge is 0.444 e. The molecule has 124 valence electrons. The Hall–Kier alpha value is -0.770. The van der Waals surface area contributed by atoms with E-state index in [9.17, 15) is 4.79 Å². The first-order valence-corrected chi connectivity index (χ1v) is 8.31. The van der Waals surface area contributed by atoms with Gasteiger partial charge in [0.1, 0.15) is 5.60 Å². The van der Waals surface area contributed by atoms with Crippen LogP contribution in [0.1, 0.15) is 67.2 Å². The second-order valence-corrected chi connectivity index (χ2v) is 8.19. The molecule has 0 radical (unpaired) electrons. The van der Waals surface area contributed by atoms with Crippen LogP contribution in [-0.4, -0.2) is 30.3 Å². The van der Waals surface area contributed by atoms with Crippen LogP contribution in [0, 0.1) is 11.8 Å². The number of amides is 1. The fraction of sp³-hybridized carbons (Fsp3) is 0.941. The summed E-state index contributed by atoms with van der Waals surface area (Å²) in [7, 11) is 0. The predicted octanol–water partition coefficient (Wildman–Crippen LogP) is 3.71. The molecule has 0 bridgehead atoms. The normalized spacial score (nSPS) is 19.0. The van der Waals surface area contributed by atoms with Crippen molar-refractivity contribution < 1.29 is 9.53 Å². The summed E-state index contributed by atoms with van der Waals surface area (Å²) >= 11 is 0. The zero-order valence-electron chi connectivity index (χ0n) is 14.7. The van der Waals surface area contributed by atoms with Crippen LogP contribution >= 0.6 is 0 Å². The SMILES string of the molecule is CC(C)CC(C)(CNC(=O)OC(C)(C)C)NCC1CCC1. The van der Waals surface area contributed by atoms with E-state index in [1.54, 1.807) is 0 Å². The maximum atomic E-state index is 11.8. The molecule has 4 heteroatoms. The lowest BCUT2D eigenvalue weighted by Gasteiger charge is -2.36. The van der Waals surface area contributed by atoms with Gasteiger partial charge in [-0.1, -0.05) is 20.3 Å². The molecule has 0 aromatic rings. The number of carbonyl (C=O) groups excluding carboxylic acids is 1. The van der Waals surface area contributed by atoms with Crippen molar-refractivity contribution in [3.8, 4) is 0 Å². The highest BCUT2D eigenvalue weighted by Crippen LogP contribution is 2.26. The van der Waals surface area contributed by atoms with Gasteiger partial charge in [-0.15, -0.1) is 0 Å². The van der Waals surface area contributed by atoms with Crippen LogP contribution in [0.15, 0.2) is 0 Å². The predicted molar refractivity (Wildman–Crippen MR) is 87.4 cm³/mol. The van der Waals surface area contributed by atoms with Gasteiger partial charge in [0.2, 0.25) is 0 Å². The van der Waals surface area contributed by atoms with Crippen LogP contribution < -0.4 is 10.6 Å². The summed E-state index contributed by atoms with van der Waals surface area (Å²) in [6.45, 7) is 13.9. The molecule has 1 aliphatic rings. The van der Waals surface area contributed by atoms with Crippen LogP contribution in [-0.2, 0) is 4.74 Å². The van der Waals surface area contributed by atoms with Crippen molar-refractivity contribution in [3.05, 3.63) is 0 Å². The standard InChI is InChI=1S/C17H34N2O2/c1-13(2)10-17(6,19-11-14-8-7-9-14)12-18-15(20)21-16(3,4)5/h13-14,19H,7-12H2,1-6H3,(H,18,20). The zero-order chi connectivity index (χ0) is 16.1. The molecule has 1 amide bonds. The Bertz CT molecular complexity index is 332. The second kappa shape index (κ2) is 7.48. The van der Waals surface area contributed by atoms with Crippen molar-refractivity contribution in [2.45, 2.75) is 78.4 Å². The minimum Gasteiger partial charge on any atom is -0.444 e. The first-order valence-electron chi connectivity index (χ1n) is 8.31. The fourth-order valence-corrected chi connectivity index (χ4v) is 2.78. The van der Waals surface area contributed by atoms with Gasteiger partial charge in [0.25, 0.3) is 0 Å². The maximum absolute atomic E-state index is 11.8. The van der Waals surface area contributed by atoms with Gasteiger partial charge < -0.3 is 15.4 Å². The second-order valence-electron chi connectivity index (χ2n) is 8.19. The van der Waals surface area contributed by atoms with E-state index >= 15 is 0 Å².